The SMILES string of the molecule is COc1ccccc1-c1nnc(SC[C@H]2CCCO2)n1CCc1ccccc1. The minimum Gasteiger partial charge on any atom is -0.496 e. The van der Waals surface area contributed by atoms with Gasteiger partial charge in [0.1, 0.15) is 5.75 Å². The summed E-state index contributed by atoms with van der Waals surface area (Å²) in [6.07, 6.45) is 3.52. The monoisotopic (exact) mass is 395 g/mol. The van der Waals surface area contributed by atoms with Crippen molar-refractivity contribution in [3.05, 3.63) is 60.2 Å². The average Bonchev–Trinajstić information content (AvgIpc) is 3.41. The predicted molar refractivity (Wildman–Crippen MR) is 112 cm³/mol. The van der Waals surface area contributed by atoms with Crippen LogP contribution in [0.5, 0.6) is 5.75 Å². The van der Waals surface area contributed by atoms with E-state index in [9.17, 15) is 0 Å². The first-order chi connectivity index (χ1) is 13.8. The van der Waals surface area contributed by atoms with Crippen LogP contribution >= 0.6 is 11.8 Å². The molecule has 0 unspecified atom stereocenters. The van der Waals surface area contributed by atoms with Gasteiger partial charge >= 0.3 is 0 Å². The van der Waals surface area contributed by atoms with E-state index in [4.69, 9.17) is 9.47 Å². The Morgan fingerprint density at radius 1 is 1.11 bits per heavy atom. The van der Waals surface area contributed by atoms with Gasteiger partial charge in [-0.3, -0.25) is 0 Å². The van der Waals surface area contributed by atoms with Crippen LogP contribution in [0.15, 0.2) is 59.8 Å². The quantitative estimate of drug-likeness (QED) is 0.527. The maximum atomic E-state index is 5.77. The third-order valence-electron chi connectivity index (χ3n) is 4.95. The van der Waals surface area contributed by atoms with Gasteiger partial charge in [-0.2, -0.15) is 0 Å². The minimum absolute atomic E-state index is 0.319. The van der Waals surface area contributed by atoms with Gasteiger partial charge in [0, 0.05) is 18.9 Å². The number of aromatic nitrogens is 3. The molecular formula is C22H25N3O2S. The number of methoxy groups -OCH3 is 1. The zero-order valence-electron chi connectivity index (χ0n) is 16.1. The lowest BCUT2D eigenvalue weighted by Gasteiger charge is -2.13. The van der Waals surface area contributed by atoms with Crippen LogP contribution in [0.25, 0.3) is 11.4 Å². The Hall–Kier alpha value is -2.31. The van der Waals surface area contributed by atoms with E-state index in [-0.39, 0.29) is 0 Å². The van der Waals surface area contributed by atoms with Gasteiger partial charge in [0.05, 0.1) is 18.8 Å². The number of nitrogens with zero attached hydrogens (tertiary/aromatic N) is 3. The van der Waals surface area contributed by atoms with Crippen molar-refractivity contribution in [3.63, 3.8) is 0 Å². The van der Waals surface area contributed by atoms with Crippen molar-refractivity contribution in [1.29, 1.82) is 0 Å². The molecule has 1 saturated heterocycles. The van der Waals surface area contributed by atoms with Crippen LogP contribution < -0.4 is 4.74 Å². The zero-order valence-corrected chi connectivity index (χ0v) is 16.9. The Labute approximate surface area is 170 Å². The molecule has 0 N–H and O–H groups in total. The molecule has 1 atom stereocenters. The average molecular weight is 396 g/mol. The molecule has 6 heteroatoms. The van der Waals surface area contributed by atoms with E-state index >= 15 is 0 Å². The highest BCUT2D eigenvalue weighted by molar-refractivity contribution is 7.99. The Kier molecular flexibility index (Phi) is 6.29. The van der Waals surface area contributed by atoms with Crippen LogP contribution in [0.4, 0.5) is 0 Å². The van der Waals surface area contributed by atoms with Crippen LogP contribution in [0, 0.1) is 0 Å². The molecule has 4 rings (SSSR count). The molecule has 0 saturated carbocycles. The summed E-state index contributed by atoms with van der Waals surface area (Å²) in [5, 5.41) is 9.97. The van der Waals surface area contributed by atoms with Gasteiger partial charge in [0.2, 0.25) is 0 Å². The minimum atomic E-state index is 0.319. The van der Waals surface area contributed by atoms with Crippen LogP contribution in [-0.4, -0.2) is 40.3 Å². The first-order valence-electron chi connectivity index (χ1n) is 9.70. The predicted octanol–water partition coefficient (Wildman–Crippen LogP) is 4.47. The number of hydrogen-bond donors (Lipinski definition) is 0. The van der Waals surface area contributed by atoms with Crippen molar-refractivity contribution in [3.8, 4) is 17.1 Å². The van der Waals surface area contributed by atoms with E-state index in [1.165, 1.54) is 5.56 Å². The molecule has 2 aromatic carbocycles. The zero-order chi connectivity index (χ0) is 19.2. The molecule has 1 aromatic heterocycles. The topological polar surface area (TPSA) is 49.2 Å². The molecule has 1 fully saturated rings. The number of rotatable bonds is 8. The van der Waals surface area contributed by atoms with Crippen LogP contribution in [0.3, 0.4) is 0 Å². The van der Waals surface area contributed by atoms with Gasteiger partial charge in [-0.1, -0.05) is 54.2 Å². The van der Waals surface area contributed by atoms with E-state index < -0.39 is 0 Å². The maximum Gasteiger partial charge on any atom is 0.191 e. The molecule has 5 nitrogen and oxygen atoms in total. The van der Waals surface area contributed by atoms with Gasteiger partial charge in [-0.25, -0.2) is 0 Å². The van der Waals surface area contributed by atoms with Crippen LogP contribution in [0.1, 0.15) is 18.4 Å². The summed E-state index contributed by atoms with van der Waals surface area (Å²) in [6.45, 7) is 1.69. The summed E-state index contributed by atoms with van der Waals surface area (Å²) in [5.41, 5.74) is 2.27. The lowest BCUT2D eigenvalue weighted by Crippen LogP contribution is -2.10. The number of aryl methyl sites for hydroxylation is 1. The van der Waals surface area contributed by atoms with E-state index in [1.807, 2.05) is 30.3 Å². The fourth-order valence-electron chi connectivity index (χ4n) is 3.45. The molecule has 2 heterocycles. The maximum absolute atomic E-state index is 5.77. The molecule has 0 radical (unpaired) electrons. The molecule has 0 amide bonds. The van der Waals surface area contributed by atoms with E-state index in [2.05, 4.69) is 39.0 Å². The van der Waals surface area contributed by atoms with Gasteiger partial charge in [-0.15, -0.1) is 10.2 Å². The Bertz CT molecular complexity index is 892. The summed E-state index contributed by atoms with van der Waals surface area (Å²) in [6, 6.07) is 18.5. The van der Waals surface area contributed by atoms with Gasteiger partial charge in [0.25, 0.3) is 0 Å². The smallest absolute Gasteiger partial charge is 0.191 e. The van der Waals surface area contributed by atoms with Crippen LogP contribution in [-0.2, 0) is 17.7 Å². The molecule has 146 valence electrons. The number of para-hydroxylation sites is 1. The summed E-state index contributed by atoms with van der Waals surface area (Å²) < 4.78 is 13.5. The number of benzene rings is 2. The lowest BCUT2D eigenvalue weighted by atomic mass is 10.1. The number of thioether (sulfide) groups is 1. The third kappa shape index (κ3) is 4.39. The second-order valence-electron chi connectivity index (χ2n) is 6.84. The summed E-state index contributed by atoms with van der Waals surface area (Å²) in [4.78, 5) is 0. The van der Waals surface area contributed by atoms with Crippen molar-refractivity contribution in [1.82, 2.24) is 14.8 Å². The first-order valence-corrected chi connectivity index (χ1v) is 10.7. The standard InChI is InChI=1S/C22H25N3O2S/c1-26-20-12-6-5-11-19(20)21-23-24-22(28-16-18-10-7-15-27-18)25(21)14-13-17-8-3-2-4-9-17/h2-6,8-9,11-12,18H,7,10,13-16H2,1H3/t18-/m1/s1. The highest BCUT2D eigenvalue weighted by Crippen LogP contribution is 2.32. The molecular weight excluding hydrogens is 370 g/mol. The van der Waals surface area contributed by atoms with Gasteiger partial charge in [-0.05, 0) is 37.0 Å². The van der Waals surface area contributed by atoms with E-state index in [1.54, 1.807) is 18.9 Å². The molecule has 1 aliphatic rings. The molecule has 1 aliphatic heterocycles. The third-order valence-corrected chi connectivity index (χ3v) is 6.05. The van der Waals surface area contributed by atoms with Crippen molar-refractivity contribution in [2.45, 2.75) is 37.1 Å². The van der Waals surface area contributed by atoms with Crippen LogP contribution in [0.2, 0.25) is 0 Å². The first kappa shape index (κ1) is 19.0. The van der Waals surface area contributed by atoms with E-state index in [0.717, 1.165) is 60.5 Å². The summed E-state index contributed by atoms with van der Waals surface area (Å²) in [5.74, 6) is 2.57. The summed E-state index contributed by atoms with van der Waals surface area (Å²) in [7, 11) is 1.69. The normalized spacial score (nSPS) is 16.4. The highest BCUT2D eigenvalue weighted by atomic mass is 32.2. The van der Waals surface area contributed by atoms with Gasteiger partial charge in [0.15, 0.2) is 11.0 Å². The highest BCUT2D eigenvalue weighted by Gasteiger charge is 2.20. The van der Waals surface area contributed by atoms with Gasteiger partial charge < -0.3 is 14.0 Å². The second kappa shape index (κ2) is 9.26. The fraction of sp³-hybridized carbons (Fsp3) is 0.364. The fourth-order valence-corrected chi connectivity index (χ4v) is 4.48. The Morgan fingerprint density at radius 2 is 1.93 bits per heavy atom. The molecule has 28 heavy (non-hydrogen) atoms. The molecule has 3 aromatic rings. The molecule has 0 spiro atoms. The molecule has 0 bridgehead atoms. The Balaban J connectivity index is 1.61. The van der Waals surface area contributed by atoms with E-state index in [0.29, 0.717) is 6.10 Å². The Morgan fingerprint density at radius 3 is 2.71 bits per heavy atom. The lowest BCUT2D eigenvalue weighted by molar-refractivity contribution is 0.129. The summed E-state index contributed by atoms with van der Waals surface area (Å²) >= 11 is 1.73. The number of ether oxygens (including phenoxy) is 2. The largest absolute Gasteiger partial charge is 0.496 e. The second-order valence-corrected chi connectivity index (χ2v) is 7.83. The molecule has 0 aliphatic carbocycles. The van der Waals surface area contributed by atoms with Crippen molar-refractivity contribution in [2.24, 2.45) is 0 Å². The van der Waals surface area contributed by atoms with Crippen molar-refractivity contribution in [2.75, 3.05) is 19.5 Å². The van der Waals surface area contributed by atoms with Crippen molar-refractivity contribution < 1.29 is 9.47 Å². The number of hydrogen-bond acceptors (Lipinski definition) is 5. The van der Waals surface area contributed by atoms with Crippen molar-refractivity contribution >= 4 is 11.8 Å².